The van der Waals surface area contributed by atoms with E-state index in [-0.39, 0.29) is 62.5 Å². The number of nitrogens with one attached hydrogen (secondary N) is 1. The van der Waals surface area contributed by atoms with Crippen LogP contribution in [0.25, 0.3) is 0 Å². The first kappa shape index (κ1) is 27.2. The van der Waals surface area contributed by atoms with Gasteiger partial charge in [-0.2, -0.15) is 0 Å². The predicted octanol–water partition coefficient (Wildman–Crippen LogP) is 1.64. The van der Waals surface area contributed by atoms with Crippen LogP contribution in [-0.2, 0) is 28.8 Å². The number of Topliss-reactive ketones (excluding diaryl/α,β-unsaturated/α-hetero) is 2. The molecule has 3 amide bonds. The van der Waals surface area contributed by atoms with Crippen molar-refractivity contribution < 1.29 is 33.9 Å². The lowest BCUT2D eigenvalue weighted by atomic mass is 10.0. The molecule has 2 unspecified atom stereocenters. The number of carbonyl (C=O) groups excluding carboxylic acids is 5. The minimum atomic E-state index is -1.06. The van der Waals surface area contributed by atoms with Crippen LogP contribution in [0.3, 0.4) is 0 Å². The van der Waals surface area contributed by atoms with Gasteiger partial charge in [0, 0.05) is 44.4 Å². The molecule has 1 heterocycles. The number of imide groups is 1. The number of nitrogens with zero attached hydrogens (tertiary/aromatic N) is 1. The fraction of sp³-hybridized carbons (Fsp3) is 0.619. The van der Waals surface area contributed by atoms with Crippen molar-refractivity contribution >= 4 is 35.3 Å². The third-order valence-corrected chi connectivity index (χ3v) is 4.64. The van der Waals surface area contributed by atoms with Crippen LogP contribution in [-0.4, -0.2) is 57.9 Å². The summed E-state index contributed by atoms with van der Waals surface area (Å²) >= 11 is 0. The molecule has 0 fully saturated rings. The minimum Gasteiger partial charge on any atom is -0.481 e. The number of ketones is 2. The maximum Gasteiger partial charge on any atom is 0.306 e. The molecule has 1 aliphatic rings. The Morgan fingerprint density at radius 3 is 2.07 bits per heavy atom. The second-order valence-electron chi connectivity index (χ2n) is 7.21. The number of aliphatic carboxylic acids is 1. The van der Waals surface area contributed by atoms with E-state index in [9.17, 15) is 28.8 Å². The Bertz CT molecular complexity index is 681. The summed E-state index contributed by atoms with van der Waals surface area (Å²) in [5.74, 6) is -3.24. The smallest absolute Gasteiger partial charge is 0.306 e. The van der Waals surface area contributed by atoms with Gasteiger partial charge in [0.05, 0.1) is 12.0 Å². The molecule has 0 radical (unpaired) electrons. The first-order valence-electron chi connectivity index (χ1n) is 9.72. The van der Waals surface area contributed by atoms with Crippen molar-refractivity contribution in [2.24, 2.45) is 5.92 Å². The third-order valence-electron chi connectivity index (χ3n) is 4.64. The Morgan fingerprint density at radius 2 is 1.50 bits per heavy atom. The highest BCUT2D eigenvalue weighted by Gasteiger charge is 2.23. The van der Waals surface area contributed by atoms with Crippen molar-refractivity contribution in [2.75, 3.05) is 6.54 Å². The van der Waals surface area contributed by atoms with Crippen LogP contribution in [0.2, 0.25) is 0 Å². The van der Waals surface area contributed by atoms with E-state index in [1.165, 1.54) is 26.0 Å². The minimum absolute atomic E-state index is 0. The van der Waals surface area contributed by atoms with Gasteiger partial charge in [-0.25, -0.2) is 0 Å². The van der Waals surface area contributed by atoms with E-state index in [1.807, 2.05) is 0 Å². The second-order valence-corrected chi connectivity index (χ2v) is 7.21. The van der Waals surface area contributed by atoms with Crippen LogP contribution in [0, 0.1) is 5.92 Å². The van der Waals surface area contributed by atoms with E-state index in [0.29, 0.717) is 25.7 Å². The lowest BCUT2D eigenvalue weighted by Crippen LogP contribution is -2.39. The van der Waals surface area contributed by atoms with Crippen molar-refractivity contribution in [2.45, 2.75) is 72.3 Å². The quantitative estimate of drug-likeness (QED) is 0.319. The molecule has 0 aromatic heterocycles. The van der Waals surface area contributed by atoms with Gasteiger partial charge in [0.2, 0.25) is 5.91 Å². The molecule has 30 heavy (non-hydrogen) atoms. The number of rotatable bonds is 14. The normalized spacial score (nSPS) is 14.8. The van der Waals surface area contributed by atoms with E-state index in [0.717, 1.165) is 4.90 Å². The summed E-state index contributed by atoms with van der Waals surface area (Å²) in [4.78, 5) is 70.2. The number of carbonyl (C=O) groups is 6. The van der Waals surface area contributed by atoms with Crippen molar-refractivity contribution in [3.05, 3.63) is 12.2 Å². The SMILES string of the molecule is C.CC(CC(=O)C(C)NC(=O)CCCCC(=O)CCCN1C(=O)C=CC1=O)C(=O)O. The molecular formula is C21H32N2O7. The van der Waals surface area contributed by atoms with E-state index in [2.05, 4.69) is 5.32 Å². The Balaban J connectivity index is 0.00000841. The van der Waals surface area contributed by atoms with Crippen molar-refractivity contribution in [1.82, 2.24) is 10.2 Å². The molecular weight excluding hydrogens is 392 g/mol. The number of hydrogen-bond donors (Lipinski definition) is 2. The van der Waals surface area contributed by atoms with Crippen LogP contribution in [0.1, 0.15) is 66.2 Å². The number of carboxylic acid groups (broad SMARTS) is 1. The molecule has 0 spiro atoms. The van der Waals surface area contributed by atoms with Crippen LogP contribution in [0.15, 0.2) is 12.2 Å². The van der Waals surface area contributed by atoms with Gasteiger partial charge in [0.25, 0.3) is 11.8 Å². The number of amides is 3. The zero-order valence-electron chi connectivity index (χ0n) is 16.8. The zero-order chi connectivity index (χ0) is 22.0. The first-order chi connectivity index (χ1) is 13.6. The molecule has 0 saturated carbocycles. The van der Waals surface area contributed by atoms with Crippen molar-refractivity contribution in [3.63, 3.8) is 0 Å². The monoisotopic (exact) mass is 424 g/mol. The van der Waals surface area contributed by atoms with Crippen molar-refractivity contribution in [3.8, 4) is 0 Å². The molecule has 1 aliphatic heterocycles. The molecule has 0 aromatic rings. The molecule has 168 valence electrons. The highest BCUT2D eigenvalue weighted by Crippen LogP contribution is 2.09. The van der Waals surface area contributed by atoms with Crippen LogP contribution in [0.5, 0.6) is 0 Å². The lowest BCUT2D eigenvalue weighted by molar-refractivity contribution is -0.143. The lowest BCUT2D eigenvalue weighted by Gasteiger charge is -2.14. The van der Waals surface area contributed by atoms with E-state index in [1.54, 1.807) is 0 Å². The van der Waals surface area contributed by atoms with Gasteiger partial charge in [-0.1, -0.05) is 14.4 Å². The Labute approximate surface area is 176 Å². The van der Waals surface area contributed by atoms with E-state index >= 15 is 0 Å². The predicted molar refractivity (Wildman–Crippen MR) is 109 cm³/mol. The van der Waals surface area contributed by atoms with Crippen LogP contribution in [0.4, 0.5) is 0 Å². The van der Waals surface area contributed by atoms with Gasteiger partial charge in [0.15, 0.2) is 5.78 Å². The molecule has 2 N–H and O–H groups in total. The average Bonchev–Trinajstić information content (AvgIpc) is 2.97. The van der Waals surface area contributed by atoms with Gasteiger partial charge < -0.3 is 10.4 Å². The largest absolute Gasteiger partial charge is 0.481 e. The maximum absolute atomic E-state index is 11.9. The molecule has 9 nitrogen and oxygen atoms in total. The molecule has 0 saturated heterocycles. The highest BCUT2D eigenvalue weighted by molar-refractivity contribution is 6.12. The fourth-order valence-electron chi connectivity index (χ4n) is 2.78. The maximum atomic E-state index is 11.9. The molecule has 0 bridgehead atoms. The summed E-state index contributed by atoms with van der Waals surface area (Å²) in [5.41, 5.74) is 0. The van der Waals surface area contributed by atoms with E-state index in [4.69, 9.17) is 5.11 Å². The summed E-state index contributed by atoms with van der Waals surface area (Å²) in [6.45, 7) is 3.17. The van der Waals surface area contributed by atoms with Gasteiger partial charge in [-0.3, -0.25) is 33.7 Å². The van der Waals surface area contributed by atoms with Gasteiger partial charge in [0.1, 0.15) is 5.78 Å². The fourth-order valence-corrected chi connectivity index (χ4v) is 2.78. The van der Waals surface area contributed by atoms with Crippen molar-refractivity contribution in [1.29, 1.82) is 0 Å². The number of carboxylic acids is 1. The number of hydrogen-bond acceptors (Lipinski definition) is 6. The summed E-state index contributed by atoms with van der Waals surface area (Å²) in [5, 5.41) is 11.4. The van der Waals surface area contributed by atoms with E-state index < -0.39 is 17.9 Å². The summed E-state index contributed by atoms with van der Waals surface area (Å²) in [6, 6.07) is -0.753. The average molecular weight is 424 g/mol. The first-order valence-corrected chi connectivity index (χ1v) is 9.72. The van der Waals surface area contributed by atoms with Gasteiger partial charge in [-0.05, 0) is 26.2 Å². The Hall–Kier alpha value is -2.84. The summed E-state index contributed by atoms with van der Waals surface area (Å²) < 4.78 is 0. The van der Waals surface area contributed by atoms with Gasteiger partial charge in [-0.15, -0.1) is 0 Å². The Morgan fingerprint density at radius 1 is 0.967 bits per heavy atom. The van der Waals surface area contributed by atoms with Gasteiger partial charge >= 0.3 is 5.97 Å². The third kappa shape index (κ3) is 9.58. The second kappa shape index (κ2) is 13.4. The molecule has 9 heteroatoms. The Kier molecular flexibility index (Phi) is 12.1. The molecule has 0 aliphatic carbocycles. The molecule has 0 aromatic carbocycles. The zero-order valence-corrected chi connectivity index (χ0v) is 16.8. The standard InChI is InChI=1S/C20H28N2O7.CH4/c1-13(20(28)29)12-16(24)14(2)21-17(25)8-4-3-6-15(23)7-5-11-22-18(26)9-10-19(22)27;/h9-10,13-14H,3-8,11-12H2,1-2H3,(H,21,25)(H,28,29);1H4. The van der Waals surface area contributed by atoms with Crippen LogP contribution < -0.4 is 5.32 Å². The summed E-state index contributed by atoms with van der Waals surface area (Å²) in [6.07, 6.45) is 4.41. The summed E-state index contributed by atoms with van der Waals surface area (Å²) in [7, 11) is 0. The topological polar surface area (TPSA) is 138 Å². The molecule has 1 rings (SSSR count). The molecule has 2 atom stereocenters. The number of unbranched alkanes of at least 4 members (excludes halogenated alkanes) is 1. The highest BCUT2D eigenvalue weighted by atomic mass is 16.4. The van der Waals surface area contributed by atoms with Crippen LogP contribution >= 0.6 is 0 Å².